The molecule has 2 fully saturated rings. The van der Waals surface area contributed by atoms with E-state index in [4.69, 9.17) is 9.47 Å². The molecule has 2 heterocycles. The number of non-ortho nitro benzene ring substituents is 1. The second-order valence-corrected chi connectivity index (χ2v) is 10.2. The lowest BCUT2D eigenvalue weighted by atomic mass is 9.99. The van der Waals surface area contributed by atoms with E-state index in [0.717, 1.165) is 55.1 Å². The number of hydrogen-bond donors (Lipinski definition) is 2. The number of ether oxygens (including phenoxy) is 2. The number of benzene rings is 3. The van der Waals surface area contributed by atoms with Gasteiger partial charge in [-0.3, -0.25) is 19.8 Å². The zero-order valence-corrected chi connectivity index (χ0v) is 22.4. The number of rotatable bonds is 8. The second kappa shape index (κ2) is 12.6. The fourth-order valence-electron chi connectivity index (χ4n) is 5.22. The lowest BCUT2D eigenvalue weighted by Crippen LogP contribution is -2.49. The van der Waals surface area contributed by atoms with Crippen LogP contribution < -0.4 is 10.2 Å². The molecular weight excluding hydrogens is 512 g/mol. The summed E-state index contributed by atoms with van der Waals surface area (Å²) in [6, 6.07) is 22.0. The number of amides is 1. The smallest absolute Gasteiger partial charge is 0.269 e. The lowest BCUT2D eigenvalue weighted by Gasteiger charge is -2.41. The molecule has 0 spiro atoms. The quantitative estimate of drug-likeness (QED) is 0.315. The number of nitro groups is 1. The number of nitrogens with zero attached hydrogens (tertiary/aromatic N) is 3. The van der Waals surface area contributed by atoms with E-state index in [-0.39, 0.29) is 35.3 Å². The predicted molar refractivity (Wildman–Crippen MR) is 151 cm³/mol. The van der Waals surface area contributed by atoms with Crippen molar-refractivity contribution in [1.29, 1.82) is 0 Å². The third kappa shape index (κ3) is 6.83. The Morgan fingerprint density at radius 3 is 2.20 bits per heavy atom. The van der Waals surface area contributed by atoms with Crippen LogP contribution in [-0.2, 0) is 20.9 Å². The van der Waals surface area contributed by atoms with Crippen molar-refractivity contribution >= 4 is 23.0 Å². The second-order valence-electron chi connectivity index (χ2n) is 10.2. The summed E-state index contributed by atoms with van der Waals surface area (Å²) in [4.78, 5) is 26.6. The van der Waals surface area contributed by atoms with E-state index in [0.29, 0.717) is 12.1 Å². The highest BCUT2D eigenvalue weighted by Gasteiger charge is 2.33. The Kier molecular flexibility index (Phi) is 8.71. The summed E-state index contributed by atoms with van der Waals surface area (Å²) < 4.78 is 12.9. The third-order valence-electron chi connectivity index (χ3n) is 7.38. The minimum Gasteiger partial charge on any atom is -0.392 e. The molecule has 0 saturated carbocycles. The first-order valence-corrected chi connectivity index (χ1v) is 13.5. The first-order valence-electron chi connectivity index (χ1n) is 13.5. The highest BCUT2D eigenvalue weighted by molar-refractivity contribution is 5.88. The molecule has 3 atom stereocenters. The van der Waals surface area contributed by atoms with Crippen LogP contribution in [0.25, 0.3) is 0 Å². The fraction of sp³-hybridized carbons (Fsp3) is 0.367. The summed E-state index contributed by atoms with van der Waals surface area (Å²) in [6.07, 6.45) is -0.106. The Morgan fingerprint density at radius 2 is 1.60 bits per heavy atom. The molecule has 2 aliphatic heterocycles. The largest absolute Gasteiger partial charge is 0.392 e. The van der Waals surface area contributed by atoms with Crippen LogP contribution in [0.1, 0.15) is 42.4 Å². The Hall–Kier alpha value is -3.83. The summed E-state index contributed by atoms with van der Waals surface area (Å²) in [5.74, 6) is -0.127. The first-order chi connectivity index (χ1) is 19.4. The SMILES string of the molecule is CC(=O)Nc1ccc([C@H]2O[C@@H](CN3CCN(c4ccc([N+](=O)[O-])cc4)CC3)C[C@@H](c3ccc(CO)cc3)O2)cc1. The van der Waals surface area contributed by atoms with Gasteiger partial charge >= 0.3 is 0 Å². The van der Waals surface area contributed by atoms with Crippen molar-refractivity contribution in [2.24, 2.45) is 0 Å². The molecule has 40 heavy (non-hydrogen) atoms. The normalized spacial score (nSPS) is 21.6. The standard InChI is InChI=1S/C30H34N4O6/c1-21(36)31-25-8-6-24(7-9-25)30-39-28(18-29(40-30)23-4-2-22(20-35)3-5-23)19-32-14-16-33(17-15-32)26-10-12-27(13-11-26)34(37)38/h2-13,28-30,35H,14-20H2,1H3,(H,31,36)/t28-,29+,30+/m1/s1. The van der Waals surface area contributed by atoms with Crippen LogP contribution in [0.4, 0.5) is 17.1 Å². The molecule has 3 aromatic carbocycles. The van der Waals surface area contributed by atoms with Crippen molar-refractivity contribution in [3.63, 3.8) is 0 Å². The average molecular weight is 547 g/mol. The molecule has 0 radical (unpaired) electrons. The molecule has 0 bridgehead atoms. The van der Waals surface area contributed by atoms with E-state index in [2.05, 4.69) is 15.1 Å². The van der Waals surface area contributed by atoms with Crippen LogP contribution in [0, 0.1) is 10.1 Å². The molecule has 1 amide bonds. The van der Waals surface area contributed by atoms with Gasteiger partial charge in [0.25, 0.3) is 5.69 Å². The Balaban J connectivity index is 1.26. The molecule has 0 aliphatic carbocycles. The van der Waals surface area contributed by atoms with Crippen molar-refractivity contribution < 1.29 is 24.3 Å². The van der Waals surface area contributed by atoms with Crippen LogP contribution in [0.5, 0.6) is 0 Å². The van der Waals surface area contributed by atoms with Gasteiger partial charge in [0.1, 0.15) is 0 Å². The topological polar surface area (TPSA) is 117 Å². The number of nitrogens with one attached hydrogen (secondary N) is 1. The number of carbonyl (C=O) groups excluding carboxylic acids is 1. The Bertz CT molecular complexity index is 1290. The summed E-state index contributed by atoms with van der Waals surface area (Å²) in [7, 11) is 0. The first kappa shape index (κ1) is 27.7. The fourth-order valence-corrected chi connectivity index (χ4v) is 5.22. The molecular formula is C30H34N4O6. The molecule has 2 N–H and O–H groups in total. The van der Waals surface area contributed by atoms with Gasteiger partial charge < -0.3 is 24.8 Å². The third-order valence-corrected chi connectivity index (χ3v) is 7.38. The molecule has 3 aromatic rings. The number of aliphatic hydroxyl groups excluding tert-OH is 1. The number of hydrogen-bond acceptors (Lipinski definition) is 8. The molecule has 10 heteroatoms. The van der Waals surface area contributed by atoms with Gasteiger partial charge in [-0.15, -0.1) is 0 Å². The van der Waals surface area contributed by atoms with E-state index in [1.165, 1.54) is 6.92 Å². The zero-order chi connectivity index (χ0) is 28.1. The Morgan fingerprint density at radius 1 is 0.950 bits per heavy atom. The van der Waals surface area contributed by atoms with Crippen LogP contribution in [0.2, 0.25) is 0 Å². The zero-order valence-electron chi connectivity index (χ0n) is 22.4. The molecule has 0 aromatic heterocycles. The van der Waals surface area contributed by atoms with Crippen LogP contribution >= 0.6 is 0 Å². The van der Waals surface area contributed by atoms with Crippen molar-refractivity contribution in [1.82, 2.24) is 4.90 Å². The highest BCUT2D eigenvalue weighted by atomic mass is 16.7. The van der Waals surface area contributed by atoms with E-state index >= 15 is 0 Å². The predicted octanol–water partition coefficient (Wildman–Crippen LogP) is 4.41. The average Bonchev–Trinajstić information content (AvgIpc) is 2.97. The van der Waals surface area contributed by atoms with Crippen molar-refractivity contribution in [3.8, 4) is 0 Å². The van der Waals surface area contributed by atoms with Gasteiger partial charge in [-0.05, 0) is 35.4 Å². The number of aliphatic hydroxyl groups is 1. The van der Waals surface area contributed by atoms with Crippen molar-refractivity contribution in [2.45, 2.75) is 38.4 Å². The molecule has 210 valence electrons. The maximum atomic E-state index is 11.4. The van der Waals surface area contributed by atoms with E-state index < -0.39 is 6.29 Å². The minimum absolute atomic E-state index is 0.00728. The molecule has 2 aliphatic rings. The van der Waals surface area contributed by atoms with Gasteiger partial charge in [0.15, 0.2) is 6.29 Å². The lowest BCUT2D eigenvalue weighted by molar-refractivity contribution is -0.384. The minimum atomic E-state index is -0.561. The summed E-state index contributed by atoms with van der Waals surface area (Å²) in [5, 5.41) is 23.2. The van der Waals surface area contributed by atoms with Crippen molar-refractivity contribution in [3.05, 3.63) is 99.6 Å². The summed E-state index contributed by atoms with van der Waals surface area (Å²) in [5.41, 5.74) is 4.56. The maximum Gasteiger partial charge on any atom is 0.269 e. The van der Waals surface area contributed by atoms with Gasteiger partial charge in [0.2, 0.25) is 5.91 Å². The Labute approximate surface area is 233 Å². The number of anilines is 2. The van der Waals surface area contributed by atoms with Crippen molar-refractivity contribution in [2.75, 3.05) is 42.9 Å². The monoisotopic (exact) mass is 546 g/mol. The van der Waals surface area contributed by atoms with Gasteiger partial charge in [-0.1, -0.05) is 36.4 Å². The summed E-state index contributed by atoms with van der Waals surface area (Å²) >= 11 is 0. The van der Waals surface area contributed by atoms with Gasteiger partial charge in [0, 0.05) is 75.1 Å². The van der Waals surface area contributed by atoms with E-state index in [1.807, 2.05) is 60.7 Å². The molecule has 5 rings (SSSR count). The van der Waals surface area contributed by atoms with Gasteiger partial charge in [-0.2, -0.15) is 0 Å². The number of carbonyl (C=O) groups is 1. The number of piperazine rings is 1. The van der Waals surface area contributed by atoms with E-state index in [1.54, 1.807) is 12.1 Å². The van der Waals surface area contributed by atoms with Crippen LogP contribution in [-0.4, -0.2) is 59.7 Å². The van der Waals surface area contributed by atoms with Crippen LogP contribution in [0.3, 0.4) is 0 Å². The summed E-state index contributed by atoms with van der Waals surface area (Å²) in [6.45, 7) is 5.57. The number of nitro benzene ring substituents is 1. The van der Waals surface area contributed by atoms with Crippen LogP contribution in [0.15, 0.2) is 72.8 Å². The maximum absolute atomic E-state index is 11.4. The highest BCUT2D eigenvalue weighted by Crippen LogP contribution is 2.38. The molecule has 10 nitrogen and oxygen atoms in total. The van der Waals surface area contributed by atoms with Gasteiger partial charge in [-0.25, -0.2) is 0 Å². The van der Waals surface area contributed by atoms with E-state index in [9.17, 15) is 20.0 Å². The molecule has 0 unspecified atom stereocenters. The molecule has 2 saturated heterocycles. The van der Waals surface area contributed by atoms with Gasteiger partial charge in [0.05, 0.1) is 23.7 Å².